The van der Waals surface area contributed by atoms with Gasteiger partial charge < -0.3 is 10.6 Å². The van der Waals surface area contributed by atoms with Gasteiger partial charge in [-0.25, -0.2) is 9.18 Å². The van der Waals surface area contributed by atoms with Gasteiger partial charge in [-0.1, -0.05) is 12.1 Å². The molecule has 0 aliphatic heterocycles. The first kappa shape index (κ1) is 10.5. The molecule has 0 atom stereocenters. The minimum atomic E-state index is -0.494. The van der Waals surface area contributed by atoms with E-state index < -0.39 is 6.03 Å². The van der Waals surface area contributed by atoms with E-state index in [1.165, 1.54) is 11.0 Å². The molecule has 0 spiro atoms. The van der Waals surface area contributed by atoms with E-state index in [0.29, 0.717) is 12.1 Å². The minimum absolute atomic E-state index is 0.240. The van der Waals surface area contributed by atoms with Crippen LogP contribution in [-0.4, -0.2) is 18.0 Å². The van der Waals surface area contributed by atoms with Crippen molar-refractivity contribution in [2.75, 3.05) is 7.05 Å². The smallest absolute Gasteiger partial charge is 0.314 e. The number of hydrogen-bond donors (Lipinski definition) is 1. The molecular weight excluding hydrogens is 183 g/mol. The van der Waals surface area contributed by atoms with Crippen LogP contribution in [0.2, 0.25) is 0 Å². The van der Waals surface area contributed by atoms with Crippen LogP contribution in [0.5, 0.6) is 0 Å². The Bertz CT molecular complexity index is 352. The molecule has 0 unspecified atom stereocenters. The fourth-order valence-corrected chi connectivity index (χ4v) is 1.16. The van der Waals surface area contributed by atoms with E-state index in [4.69, 9.17) is 5.73 Å². The second kappa shape index (κ2) is 4.09. The van der Waals surface area contributed by atoms with Crippen LogP contribution in [0.4, 0.5) is 9.18 Å². The molecule has 1 aromatic rings. The highest BCUT2D eigenvalue weighted by molar-refractivity contribution is 5.71. The van der Waals surface area contributed by atoms with Crippen LogP contribution in [0.25, 0.3) is 0 Å². The van der Waals surface area contributed by atoms with Gasteiger partial charge >= 0.3 is 6.03 Å². The monoisotopic (exact) mass is 196 g/mol. The van der Waals surface area contributed by atoms with Crippen molar-refractivity contribution < 1.29 is 9.18 Å². The van der Waals surface area contributed by atoms with E-state index in [9.17, 15) is 9.18 Å². The fourth-order valence-electron chi connectivity index (χ4n) is 1.16. The summed E-state index contributed by atoms with van der Waals surface area (Å²) in [4.78, 5) is 12.1. The molecule has 2 amide bonds. The first-order chi connectivity index (χ1) is 6.50. The van der Waals surface area contributed by atoms with Crippen LogP contribution >= 0.6 is 0 Å². The quantitative estimate of drug-likeness (QED) is 0.768. The van der Waals surface area contributed by atoms with Crippen molar-refractivity contribution in [3.8, 4) is 0 Å². The summed E-state index contributed by atoms with van der Waals surface area (Å²) in [5.74, 6) is -0.240. The standard InChI is InChI=1S/C10H13FN2O/c1-7-5-8(3-4-9(7)11)6-13(2)10(12)14/h3-5H,6H2,1-2H3,(H2,12,14). The fraction of sp³-hybridized carbons (Fsp3) is 0.300. The molecule has 0 aliphatic rings. The largest absolute Gasteiger partial charge is 0.351 e. The Kier molecular flexibility index (Phi) is 3.06. The Hall–Kier alpha value is -1.58. The molecule has 0 saturated heterocycles. The van der Waals surface area contributed by atoms with Gasteiger partial charge in [-0.15, -0.1) is 0 Å². The summed E-state index contributed by atoms with van der Waals surface area (Å²) in [5.41, 5.74) is 6.50. The molecule has 0 aromatic heterocycles. The van der Waals surface area contributed by atoms with Gasteiger partial charge in [0.05, 0.1) is 0 Å². The molecule has 0 radical (unpaired) electrons. The first-order valence-electron chi connectivity index (χ1n) is 4.26. The summed E-state index contributed by atoms with van der Waals surface area (Å²) in [7, 11) is 1.60. The van der Waals surface area contributed by atoms with E-state index in [1.807, 2.05) is 0 Å². The lowest BCUT2D eigenvalue weighted by Crippen LogP contribution is -2.31. The van der Waals surface area contributed by atoms with Crippen molar-refractivity contribution >= 4 is 6.03 Å². The summed E-state index contributed by atoms with van der Waals surface area (Å²) in [5, 5.41) is 0. The topological polar surface area (TPSA) is 46.3 Å². The number of benzene rings is 1. The van der Waals surface area contributed by atoms with E-state index in [0.717, 1.165) is 5.56 Å². The van der Waals surface area contributed by atoms with Gasteiger partial charge in [0, 0.05) is 13.6 Å². The molecule has 2 N–H and O–H groups in total. The Morgan fingerprint density at radius 2 is 2.21 bits per heavy atom. The number of rotatable bonds is 2. The van der Waals surface area contributed by atoms with Crippen LogP contribution in [0, 0.1) is 12.7 Å². The van der Waals surface area contributed by atoms with Crippen LogP contribution in [0.1, 0.15) is 11.1 Å². The minimum Gasteiger partial charge on any atom is -0.351 e. The first-order valence-corrected chi connectivity index (χ1v) is 4.26. The molecular formula is C10H13FN2O. The number of urea groups is 1. The van der Waals surface area contributed by atoms with Gasteiger partial charge in [0.15, 0.2) is 0 Å². The molecule has 4 heteroatoms. The van der Waals surface area contributed by atoms with Crippen molar-refractivity contribution in [1.29, 1.82) is 0 Å². The average Bonchev–Trinajstić information content (AvgIpc) is 2.11. The molecule has 0 aliphatic carbocycles. The number of carbonyl (C=O) groups excluding carboxylic acids is 1. The second-order valence-electron chi connectivity index (χ2n) is 3.28. The van der Waals surface area contributed by atoms with Crippen LogP contribution in [0.3, 0.4) is 0 Å². The van der Waals surface area contributed by atoms with Gasteiger partial charge in [0.1, 0.15) is 5.82 Å². The third-order valence-corrected chi connectivity index (χ3v) is 2.02. The predicted molar refractivity (Wildman–Crippen MR) is 52.2 cm³/mol. The normalized spacial score (nSPS) is 9.93. The van der Waals surface area contributed by atoms with Crippen LogP contribution in [-0.2, 0) is 6.54 Å². The molecule has 3 nitrogen and oxygen atoms in total. The summed E-state index contributed by atoms with van der Waals surface area (Å²) >= 11 is 0. The van der Waals surface area contributed by atoms with E-state index in [2.05, 4.69) is 0 Å². The van der Waals surface area contributed by atoms with Gasteiger partial charge in [-0.05, 0) is 24.1 Å². The average molecular weight is 196 g/mol. The molecule has 76 valence electrons. The maximum Gasteiger partial charge on any atom is 0.314 e. The Labute approximate surface area is 82.3 Å². The van der Waals surface area contributed by atoms with E-state index in [-0.39, 0.29) is 5.82 Å². The lowest BCUT2D eigenvalue weighted by atomic mass is 10.1. The second-order valence-corrected chi connectivity index (χ2v) is 3.28. The number of halogens is 1. The number of nitrogens with two attached hydrogens (primary N) is 1. The number of nitrogens with zero attached hydrogens (tertiary/aromatic N) is 1. The predicted octanol–water partition coefficient (Wildman–Crippen LogP) is 1.64. The maximum atomic E-state index is 12.9. The van der Waals surface area contributed by atoms with Crippen molar-refractivity contribution in [3.63, 3.8) is 0 Å². The highest BCUT2D eigenvalue weighted by Gasteiger charge is 2.05. The highest BCUT2D eigenvalue weighted by atomic mass is 19.1. The molecule has 0 heterocycles. The van der Waals surface area contributed by atoms with Gasteiger partial charge in [-0.3, -0.25) is 0 Å². The number of aryl methyl sites for hydroxylation is 1. The molecule has 14 heavy (non-hydrogen) atoms. The molecule has 1 rings (SSSR count). The lowest BCUT2D eigenvalue weighted by Gasteiger charge is -2.14. The molecule has 0 fully saturated rings. The van der Waals surface area contributed by atoms with Gasteiger partial charge in [-0.2, -0.15) is 0 Å². The van der Waals surface area contributed by atoms with Crippen molar-refractivity contribution in [2.24, 2.45) is 5.73 Å². The SMILES string of the molecule is Cc1cc(CN(C)C(N)=O)ccc1F. The van der Waals surface area contributed by atoms with Crippen LogP contribution < -0.4 is 5.73 Å². The number of primary amides is 1. The zero-order valence-corrected chi connectivity index (χ0v) is 8.25. The summed E-state index contributed by atoms with van der Waals surface area (Å²) in [6, 6.07) is 4.24. The summed E-state index contributed by atoms with van der Waals surface area (Å²) < 4.78 is 12.9. The zero-order valence-electron chi connectivity index (χ0n) is 8.25. The molecule has 0 bridgehead atoms. The Balaban J connectivity index is 2.78. The maximum absolute atomic E-state index is 12.9. The number of carbonyl (C=O) groups is 1. The zero-order chi connectivity index (χ0) is 10.7. The van der Waals surface area contributed by atoms with E-state index >= 15 is 0 Å². The third kappa shape index (κ3) is 2.45. The van der Waals surface area contributed by atoms with Crippen LogP contribution in [0.15, 0.2) is 18.2 Å². The summed E-state index contributed by atoms with van der Waals surface area (Å²) in [6.45, 7) is 2.08. The van der Waals surface area contributed by atoms with Gasteiger partial charge in [0.2, 0.25) is 0 Å². The molecule has 1 aromatic carbocycles. The lowest BCUT2D eigenvalue weighted by molar-refractivity contribution is 0.216. The number of amides is 2. The van der Waals surface area contributed by atoms with Gasteiger partial charge in [0.25, 0.3) is 0 Å². The molecule has 0 saturated carbocycles. The van der Waals surface area contributed by atoms with Crippen molar-refractivity contribution in [2.45, 2.75) is 13.5 Å². The Morgan fingerprint density at radius 3 is 2.71 bits per heavy atom. The van der Waals surface area contributed by atoms with E-state index in [1.54, 1.807) is 26.1 Å². The number of hydrogen-bond acceptors (Lipinski definition) is 1. The Morgan fingerprint density at radius 1 is 1.57 bits per heavy atom. The highest BCUT2D eigenvalue weighted by Crippen LogP contribution is 2.10. The summed E-state index contributed by atoms with van der Waals surface area (Å²) in [6.07, 6.45) is 0. The van der Waals surface area contributed by atoms with Crippen molar-refractivity contribution in [3.05, 3.63) is 35.1 Å². The van der Waals surface area contributed by atoms with Crippen molar-refractivity contribution in [1.82, 2.24) is 4.90 Å². The third-order valence-electron chi connectivity index (χ3n) is 2.02.